The Labute approximate surface area is 103 Å². The summed E-state index contributed by atoms with van der Waals surface area (Å²) < 4.78 is 4.48. The zero-order valence-corrected chi connectivity index (χ0v) is 9.66. The monoisotopic (exact) mass is 252 g/mol. The molecular weight excluding hydrogens is 240 g/mol. The Kier molecular flexibility index (Phi) is 4.79. The van der Waals surface area contributed by atoms with Crippen LogP contribution in [0.4, 0.5) is 5.69 Å². The van der Waals surface area contributed by atoms with Crippen LogP contribution in [-0.4, -0.2) is 29.4 Å². The van der Waals surface area contributed by atoms with Crippen molar-refractivity contribution in [2.24, 2.45) is 0 Å². The molecule has 0 radical (unpaired) electrons. The van der Waals surface area contributed by atoms with Gasteiger partial charge in [-0.25, -0.2) is 4.79 Å². The Morgan fingerprint density at radius 1 is 1.39 bits per heavy atom. The number of carbonyl (C=O) groups excluding carboxylic acids is 2. The van der Waals surface area contributed by atoms with E-state index in [2.05, 4.69) is 10.1 Å². The van der Waals surface area contributed by atoms with Gasteiger partial charge in [0.25, 0.3) is 0 Å². The average Bonchev–Trinajstić information content (AvgIpc) is 2.30. The molecule has 1 aromatic rings. The van der Waals surface area contributed by atoms with Crippen molar-refractivity contribution in [3.63, 3.8) is 0 Å². The lowest BCUT2D eigenvalue weighted by atomic mass is 10.2. The van der Waals surface area contributed by atoms with Crippen LogP contribution in [0.2, 0.25) is 0 Å². The number of nitrogens with zero attached hydrogens (tertiary/aromatic N) is 1. The van der Waals surface area contributed by atoms with Crippen LogP contribution in [-0.2, 0) is 14.3 Å². The molecule has 1 atom stereocenters. The molecule has 0 saturated carbocycles. The van der Waals surface area contributed by atoms with E-state index >= 15 is 0 Å². The molecule has 1 aromatic carbocycles. The number of esters is 1. The molecule has 0 heterocycles. The number of anilines is 1. The first-order valence-corrected chi connectivity index (χ1v) is 5.22. The lowest BCUT2D eigenvalue weighted by Gasteiger charge is -2.09. The van der Waals surface area contributed by atoms with Crippen LogP contribution in [0.25, 0.3) is 0 Å². The van der Waals surface area contributed by atoms with E-state index < -0.39 is 22.8 Å². The number of ether oxygens (including phenoxy) is 1. The van der Waals surface area contributed by atoms with E-state index in [1.807, 2.05) is 0 Å². The Bertz CT molecular complexity index is 446. The van der Waals surface area contributed by atoms with Crippen LogP contribution in [0.3, 0.4) is 0 Å². The first-order chi connectivity index (χ1) is 8.56. The molecule has 0 fully saturated rings. The van der Waals surface area contributed by atoms with E-state index in [-0.39, 0.29) is 6.61 Å². The fraction of sp³-hybridized carbons (Fsp3) is 0.273. The van der Waals surface area contributed by atoms with Crippen molar-refractivity contribution in [2.75, 3.05) is 11.9 Å². The molecule has 1 N–H and O–H groups in total. The summed E-state index contributed by atoms with van der Waals surface area (Å²) in [5.74, 6) is -2.19. The van der Waals surface area contributed by atoms with Crippen molar-refractivity contribution in [2.45, 2.75) is 13.0 Å². The molecule has 0 aliphatic carbocycles. The Balaban J connectivity index is 2.78. The van der Waals surface area contributed by atoms with Gasteiger partial charge in [-0.3, -0.25) is 14.9 Å². The van der Waals surface area contributed by atoms with Gasteiger partial charge in [0.15, 0.2) is 0 Å². The highest BCUT2D eigenvalue weighted by Gasteiger charge is 2.39. The lowest BCUT2D eigenvalue weighted by molar-refractivity contribution is -0.496. The summed E-state index contributed by atoms with van der Waals surface area (Å²) >= 11 is 0. The number of hydrogen-bond donors (Lipinski definition) is 1. The Morgan fingerprint density at radius 3 is 2.50 bits per heavy atom. The summed E-state index contributed by atoms with van der Waals surface area (Å²) in [7, 11) is 0. The zero-order valence-electron chi connectivity index (χ0n) is 9.66. The predicted octanol–water partition coefficient (Wildman–Crippen LogP) is 0.833. The van der Waals surface area contributed by atoms with Gasteiger partial charge < -0.3 is 10.1 Å². The van der Waals surface area contributed by atoms with Crippen LogP contribution in [0.5, 0.6) is 0 Å². The molecule has 0 spiro atoms. The maximum Gasteiger partial charge on any atom is 0.392 e. The highest BCUT2D eigenvalue weighted by Crippen LogP contribution is 2.07. The van der Waals surface area contributed by atoms with Gasteiger partial charge in [-0.15, -0.1) is 0 Å². The third kappa shape index (κ3) is 3.55. The van der Waals surface area contributed by atoms with E-state index in [1.54, 1.807) is 30.3 Å². The van der Waals surface area contributed by atoms with Gasteiger partial charge in [-0.1, -0.05) is 18.2 Å². The molecule has 96 valence electrons. The first kappa shape index (κ1) is 13.6. The maximum absolute atomic E-state index is 11.6. The van der Waals surface area contributed by atoms with Gasteiger partial charge >= 0.3 is 17.9 Å². The highest BCUT2D eigenvalue weighted by atomic mass is 16.6. The van der Waals surface area contributed by atoms with E-state index in [0.717, 1.165) is 0 Å². The average molecular weight is 252 g/mol. The van der Waals surface area contributed by atoms with Crippen molar-refractivity contribution in [1.82, 2.24) is 0 Å². The smallest absolute Gasteiger partial charge is 0.392 e. The van der Waals surface area contributed by atoms with E-state index in [1.165, 1.54) is 6.92 Å². The van der Waals surface area contributed by atoms with E-state index in [4.69, 9.17) is 0 Å². The summed E-state index contributed by atoms with van der Waals surface area (Å²) in [5.41, 5.74) is 0.374. The number of rotatable bonds is 5. The van der Waals surface area contributed by atoms with Gasteiger partial charge in [0, 0.05) is 10.6 Å². The number of amides is 1. The molecule has 1 amide bonds. The second-order valence-corrected chi connectivity index (χ2v) is 3.30. The van der Waals surface area contributed by atoms with Gasteiger partial charge in [0.05, 0.1) is 6.61 Å². The maximum atomic E-state index is 11.6. The molecule has 7 nitrogen and oxygen atoms in total. The minimum Gasteiger partial charge on any atom is -0.460 e. The third-order valence-corrected chi connectivity index (χ3v) is 2.01. The standard InChI is InChI=1S/C11H12N2O5/c1-2-18-11(15)9(13(16)17)10(14)12-8-6-4-3-5-7-8/h3-7,9H,2H2,1H3,(H,12,14). The molecular formula is C11H12N2O5. The second kappa shape index (κ2) is 6.33. The van der Waals surface area contributed by atoms with Crippen LogP contribution in [0.1, 0.15) is 6.92 Å². The molecule has 0 aliphatic heterocycles. The minimum atomic E-state index is -2.05. The SMILES string of the molecule is CCOC(=O)C(C(=O)Nc1ccccc1)[N+](=O)[O-]. The van der Waals surface area contributed by atoms with Gasteiger partial charge in [-0.2, -0.15) is 0 Å². The summed E-state index contributed by atoms with van der Waals surface area (Å²) in [4.78, 5) is 32.6. The normalized spacial score (nSPS) is 11.4. The number of hydrogen-bond acceptors (Lipinski definition) is 5. The van der Waals surface area contributed by atoms with Crippen LogP contribution in [0.15, 0.2) is 30.3 Å². The van der Waals surface area contributed by atoms with Gasteiger partial charge in [-0.05, 0) is 19.1 Å². The number of nitro groups is 1. The molecule has 18 heavy (non-hydrogen) atoms. The molecule has 1 rings (SSSR count). The van der Waals surface area contributed by atoms with E-state index in [0.29, 0.717) is 5.69 Å². The summed E-state index contributed by atoms with van der Waals surface area (Å²) in [5, 5.41) is 13.0. The quantitative estimate of drug-likeness (QED) is 0.362. The Hall–Kier alpha value is -2.44. The van der Waals surface area contributed by atoms with Crippen LogP contribution < -0.4 is 5.32 Å². The zero-order chi connectivity index (χ0) is 13.5. The van der Waals surface area contributed by atoms with Crippen LogP contribution >= 0.6 is 0 Å². The highest BCUT2D eigenvalue weighted by molar-refractivity contribution is 6.07. The van der Waals surface area contributed by atoms with Gasteiger partial charge in [0.1, 0.15) is 0 Å². The predicted molar refractivity (Wildman–Crippen MR) is 62.5 cm³/mol. The van der Waals surface area contributed by atoms with Crippen molar-refractivity contribution >= 4 is 17.6 Å². The molecule has 0 bridgehead atoms. The van der Waals surface area contributed by atoms with Crippen molar-refractivity contribution in [3.8, 4) is 0 Å². The first-order valence-electron chi connectivity index (χ1n) is 5.22. The summed E-state index contributed by atoms with van der Waals surface area (Å²) in [6, 6.07) is 6.10. The van der Waals surface area contributed by atoms with Crippen molar-refractivity contribution in [3.05, 3.63) is 40.4 Å². The van der Waals surface area contributed by atoms with E-state index in [9.17, 15) is 19.7 Å². The number of nitrogens with one attached hydrogen (secondary N) is 1. The third-order valence-electron chi connectivity index (χ3n) is 2.01. The number of benzene rings is 1. The molecule has 7 heteroatoms. The number of carbonyl (C=O) groups is 2. The second-order valence-electron chi connectivity index (χ2n) is 3.30. The summed E-state index contributed by atoms with van der Waals surface area (Å²) in [6.07, 6.45) is 0. The Morgan fingerprint density at radius 2 is 2.00 bits per heavy atom. The van der Waals surface area contributed by atoms with Crippen LogP contribution in [0, 0.1) is 10.1 Å². The topological polar surface area (TPSA) is 98.5 Å². The molecule has 0 saturated heterocycles. The molecule has 1 unspecified atom stereocenters. The van der Waals surface area contributed by atoms with Crippen molar-refractivity contribution < 1.29 is 19.2 Å². The largest absolute Gasteiger partial charge is 0.460 e. The van der Waals surface area contributed by atoms with Crippen molar-refractivity contribution in [1.29, 1.82) is 0 Å². The fourth-order valence-electron chi connectivity index (χ4n) is 1.24. The summed E-state index contributed by atoms with van der Waals surface area (Å²) in [6.45, 7) is 1.48. The lowest BCUT2D eigenvalue weighted by Crippen LogP contribution is -2.42. The fourth-order valence-corrected chi connectivity index (χ4v) is 1.24. The van der Waals surface area contributed by atoms with Gasteiger partial charge in [0.2, 0.25) is 0 Å². The minimum absolute atomic E-state index is 0.0260. The molecule has 0 aromatic heterocycles. The molecule has 0 aliphatic rings. The number of para-hydroxylation sites is 1.